The van der Waals surface area contributed by atoms with Gasteiger partial charge in [0, 0.05) is 0 Å². The Morgan fingerprint density at radius 1 is 0.833 bits per heavy atom. The molecule has 0 aromatic carbocycles. The first-order valence-corrected chi connectivity index (χ1v) is 0.655. The van der Waals surface area contributed by atoms with Gasteiger partial charge in [0.1, 0.15) is 0 Å². The number of halogens is 3. The Labute approximate surface area is 57.8 Å². The summed E-state index contributed by atoms with van der Waals surface area (Å²) in [6.07, 6.45) is 0. The summed E-state index contributed by atoms with van der Waals surface area (Å²) in [5.41, 5.74) is 0. The molecule has 0 spiro atoms. The molecule has 0 saturated heterocycles. The van der Waals surface area contributed by atoms with Gasteiger partial charge in [-0.1, -0.05) is 0 Å². The fraction of sp³-hybridized carbons (Fsp3) is 1.00. The zero-order valence-electron chi connectivity index (χ0n) is 1.71. The van der Waals surface area contributed by atoms with Crippen LogP contribution in [0.4, 0.5) is 13.2 Å². The van der Waals surface area contributed by atoms with E-state index in [1.54, 1.807) is 0 Å². The van der Waals surface area contributed by atoms with Crippen molar-refractivity contribution in [3.63, 3.8) is 0 Å². The summed E-state index contributed by atoms with van der Waals surface area (Å²) in [6.45, 7) is -3.67. The summed E-state index contributed by atoms with van der Waals surface area (Å²) in [5.74, 6) is 0. The van der Waals surface area contributed by atoms with Crippen LogP contribution in [0.1, 0.15) is 0 Å². The zero-order chi connectivity index (χ0) is 3.58. The Kier molecular flexibility index (Phi) is 24.6. The first-order chi connectivity index (χ1) is 1.73. The van der Waals surface area contributed by atoms with Crippen molar-refractivity contribution >= 4 is 37.7 Å². The first-order valence-electron chi connectivity index (χ1n) is 0.655. The van der Waals surface area contributed by atoms with Gasteiger partial charge in [0.15, 0.2) is 0 Å². The Morgan fingerprint density at radius 3 is 0.833 bits per heavy atom. The monoisotopic (exact) mass is 86.1 g/mol. The SMILES string of the molecule is FC(F)F.[LiH].[LiH]. The predicted octanol–water partition coefficient (Wildman–Crippen LogP) is -0.119. The van der Waals surface area contributed by atoms with E-state index in [0.29, 0.717) is 0 Å². The van der Waals surface area contributed by atoms with Crippen molar-refractivity contribution in [3.8, 4) is 0 Å². The number of hydrogen-bond acceptors (Lipinski definition) is 0. The second-order valence-electron chi connectivity index (χ2n) is 0.247. The summed E-state index contributed by atoms with van der Waals surface area (Å²) >= 11 is 0. The molecule has 0 nitrogen and oxygen atoms in total. The van der Waals surface area contributed by atoms with E-state index in [4.69, 9.17) is 0 Å². The molecule has 0 unspecified atom stereocenters. The van der Waals surface area contributed by atoms with Gasteiger partial charge in [0.05, 0.1) is 0 Å². The van der Waals surface area contributed by atoms with Gasteiger partial charge in [-0.05, 0) is 0 Å². The maximum atomic E-state index is 9.67. The minimum absolute atomic E-state index is 0. The number of hydrogen-bond donors (Lipinski definition) is 0. The third kappa shape index (κ3) is 81.6. The fourth-order valence-corrected chi connectivity index (χ4v) is 0. The van der Waals surface area contributed by atoms with E-state index in [1.165, 1.54) is 0 Å². The van der Waals surface area contributed by atoms with Gasteiger partial charge < -0.3 is 0 Å². The van der Waals surface area contributed by atoms with Gasteiger partial charge >= 0.3 is 44.4 Å². The van der Waals surface area contributed by atoms with Crippen molar-refractivity contribution in [2.24, 2.45) is 0 Å². The van der Waals surface area contributed by atoms with Gasteiger partial charge in [-0.15, -0.1) is 0 Å². The molecule has 0 radical (unpaired) electrons. The zero-order valence-corrected chi connectivity index (χ0v) is 1.71. The van der Waals surface area contributed by atoms with Gasteiger partial charge in [-0.25, -0.2) is 0 Å². The van der Waals surface area contributed by atoms with Crippen molar-refractivity contribution in [3.05, 3.63) is 0 Å². The van der Waals surface area contributed by atoms with E-state index in [2.05, 4.69) is 0 Å². The normalized spacial score (nSPS) is 6.00. The Morgan fingerprint density at radius 2 is 0.833 bits per heavy atom. The van der Waals surface area contributed by atoms with Gasteiger partial charge in [-0.3, -0.25) is 0 Å². The van der Waals surface area contributed by atoms with Crippen molar-refractivity contribution < 1.29 is 13.2 Å². The molecule has 0 aliphatic heterocycles. The summed E-state index contributed by atoms with van der Waals surface area (Å²) in [6, 6.07) is 0. The molecular weight excluding hydrogens is 82.9 g/mol. The number of rotatable bonds is 0. The van der Waals surface area contributed by atoms with Crippen LogP contribution >= 0.6 is 0 Å². The second-order valence-corrected chi connectivity index (χ2v) is 0.247. The summed E-state index contributed by atoms with van der Waals surface area (Å²) in [5, 5.41) is 0. The van der Waals surface area contributed by atoms with E-state index < -0.39 is 6.68 Å². The Balaban J connectivity index is -0.0000000450. The standard InChI is InChI=1S/CHF3.2Li.2H/c2-1(3)4;;;;/h1H;;;;. The van der Waals surface area contributed by atoms with E-state index in [9.17, 15) is 13.2 Å². The predicted molar refractivity (Wildman–Crippen MR) is 21.4 cm³/mol. The molecule has 0 bridgehead atoms. The Hall–Kier alpha value is 0.985. The molecule has 0 aliphatic carbocycles. The molecule has 0 heterocycles. The van der Waals surface area contributed by atoms with Crippen LogP contribution in [0.15, 0.2) is 0 Å². The summed E-state index contributed by atoms with van der Waals surface area (Å²) in [4.78, 5) is 0. The average molecular weight is 85.9 g/mol. The molecule has 0 fully saturated rings. The summed E-state index contributed by atoms with van der Waals surface area (Å²) in [7, 11) is 0. The van der Waals surface area contributed by atoms with Crippen LogP contribution in [0.3, 0.4) is 0 Å². The van der Waals surface area contributed by atoms with Crippen molar-refractivity contribution in [1.29, 1.82) is 0 Å². The second kappa shape index (κ2) is 9.37. The van der Waals surface area contributed by atoms with Gasteiger partial charge in [-0.2, -0.15) is 13.2 Å². The summed E-state index contributed by atoms with van der Waals surface area (Å²) < 4.78 is 29.0. The van der Waals surface area contributed by atoms with Crippen LogP contribution in [0, 0.1) is 0 Å². The third-order valence-corrected chi connectivity index (χ3v) is 0. The third-order valence-electron chi connectivity index (χ3n) is 0. The van der Waals surface area contributed by atoms with Gasteiger partial charge in [0.25, 0.3) is 0 Å². The quantitative estimate of drug-likeness (QED) is 0.360. The molecule has 5 heteroatoms. The Bertz CT molecular complexity index is 13.5. The van der Waals surface area contributed by atoms with E-state index in [0.717, 1.165) is 0 Å². The van der Waals surface area contributed by atoms with Crippen molar-refractivity contribution in [2.75, 3.05) is 0 Å². The molecule has 0 rings (SSSR count). The molecule has 30 valence electrons. The topological polar surface area (TPSA) is 0 Å². The molecule has 0 amide bonds. The molecule has 0 aliphatic rings. The molecule has 6 heavy (non-hydrogen) atoms. The van der Waals surface area contributed by atoms with Crippen molar-refractivity contribution in [2.45, 2.75) is 6.68 Å². The fourth-order valence-electron chi connectivity index (χ4n) is 0. The molecule has 0 N–H and O–H groups in total. The van der Waals surface area contributed by atoms with Crippen molar-refractivity contribution in [1.82, 2.24) is 0 Å². The molecule has 0 saturated carbocycles. The number of alkyl halides is 3. The molecule has 0 aromatic heterocycles. The van der Waals surface area contributed by atoms with E-state index >= 15 is 0 Å². The van der Waals surface area contributed by atoms with Crippen LogP contribution in [-0.2, 0) is 0 Å². The van der Waals surface area contributed by atoms with E-state index in [-0.39, 0.29) is 37.7 Å². The minimum atomic E-state index is -3.67. The van der Waals surface area contributed by atoms with E-state index in [1.807, 2.05) is 0 Å². The van der Waals surface area contributed by atoms with Crippen LogP contribution in [-0.4, -0.2) is 44.4 Å². The molecule has 0 atom stereocenters. The molecular formula is CH3F3Li2. The van der Waals surface area contributed by atoms with Crippen LogP contribution in [0.2, 0.25) is 0 Å². The molecule has 0 aromatic rings. The van der Waals surface area contributed by atoms with Crippen LogP contribution < -0.4 is 0 Å². The average Bonchev–Trinajstić information content (AvgIpc) is 0.811. The van der Waals surface area contributed by atoms with Crippen LogP contribution in [0.5, 0.6) is 0 Å². The van der Waals surface area contributed by atoms with Gasteiger partial charge in [0.2, 0.25) is 0 Å². The van der Waals surface area contributed by atoms with Crippen LogP contribution in [0.25, 0.3) is 0 Å². The maximum absolute atomic E-state index is 9.67. The first kappa shape index (κ1) is 15.8.